The van der Waals surface area contributed by atoms with Crippen LogP contribution in [0.5, 0.6) is 0 Å². The Morgan fingerprint density at radius 2 is 1.70 bits per heavy atom. The minimum Gasteiger partial charge on any atom is -0.360 e. The van der Waals surface area contributed by atoms with Gasteiger partial charge in [0.1, 0.15) is 5.76 Å². The molecule has 2 amide bonds. The molecule has 3 rings (SSSR count). The third-order valence-electron chi connectivity index (χ3n) is 2.82. The number of aryl methyl sites for hydroxylation is 1. The van der Waals surface area contributed by atoms with Gasteiger partial charge >= 0.3 is 6.03 Å². The molecule has 0 spiro atoms. The predicted molar refractivity (Wildman–Crippen MR) is 85.6 cm³/mol. The van der Waals surface area contributed by atoms with Gasteiger partial charge in [0.05, 0.1) is 0 Å². The van der Waals surface area contributed by atoms with Crippen LogP contribution in [-0.4, -0.2) is 21.4 Å². The van der Waals surface area contributed by atoms with Crippen LogP contribution in [0, 0.1) is 6.92 Å². The maximum Gasteiger partial charge on any atom is 0.324 e. The molecule has 0 radical (unpaired) electrons. The molecule has 0 bridgehead atoms. The van der Waals surface area contributed by atoms with Crippen LogP contribution in [0.4, 0.5) is 27.9 Å². The van der Waals surface area contributed by atoms with E-state index in [1.807, 2.05) is 18.2 Å². The molecule has 0 atom stereocenters. The Labute approximate surface area is 131 Å². The van der Waals surface area contributed by atoms with Crippen LogP contribution in [0.3, 0.4) is 0 Å². The Morgan fingerprint density at radius 1 is 0.957 bits per heavy atom. The maximum atomic E-state index is 11.8. The van der Waals surface area contributed by atoms with Crippen molar-refractivity contribution in [1.82, 2.24) is 15.4 Å². The highest BCUT2D eigenvalue weighted by Gasteiger charge is 2.05. The zero-order valence-electron chi connectivity index (χ0n) is 12.3. The Bertz CT molecular complexity index is 785. The molecule has 0 fully saturated rings. The molecule has 0 aliphatic carbocycles. The van der Waals surface area contributed by atoms with Crippen molar-refractivity contribution in [3.05, 3.63) is 54.3 Å². The molecule has 1 aromatic carbocycles. The van der Waals surface area contributed by atoms with Gasteiger partial charge in [-0.05, 0) is 31.2 Å². The summed E-state index contributed by atoms with van der Waals surface area (Å²) in [6.45, 7) is 1.79. The average Bonchev–Trinajstić information content (AvgIpc) is 2.95. The predicted octanol–water partition coefficient (Wildman–Crippen LogP) is 3.16. The summed E-state index contributed by atoms with van der Waals surface area (Å²) >= 11 is 0. The topological polar surface area (TPSA) is 105 Å². The van der Waals surface area contributed by atoms with Gasteiger partial charge < -0.3 is 15.2 Å². The van der Waals surface area contributed by atoms with Crippen LogP contribution in [0.15, 0.2) is 53.1 Å². The lowest BCUT2D eigenvalue weighted by Gasteiger charge is -2.07. The number of nitrogens with one attached hydrogen (secondary N) is 3. The first-order valence-electron chi connectivity index (χ1n) is 6.86. The van der Waals surface area contributed by atoms with E-state index in [1.54, 1.807) is 37.3 Å². The maximum absolute atomic E-state index is 11.8. The molecular formula is C15H14N6O2. The van der Waals surface area contributed by atoms with Crippen molar-refractivity contribution in [3.8, 4) is 0 Å². The quantitative estimate of drug-likeness (QED) is 0.683. The monoisotopic (exact) mass is 310 g/mol. The Hall–Kier alpha value is -3.42. The highest BCUT2D eigenvalue weighted by atomic mass is 16.5. The van der Waals surface area contributed by atoms with Gasteiger partial charge in [-0.25, -0.2) is 4.79 Å². The SMILES string of the molecule is Cc1cc(Nc2ccc(NC(=O)Nc3ccccc3)nn2)no1. The standard InChI is InChI=1S/C15H14N6O2/c1-10-9-14(21-23-10)17-12-7-8-13(20-19-12)18-15(22)16-11-5-3-2-4-6-11/h2-9H,1H3,(H,17,19,21)(H2,16,18,20,22). The number of hydrogen-bond acceptors (Lipinski definition) is 6. The molecule has 2 aromatic heterocycles. The normalized spacial score (nSPS) is 10.1. The first-order chi connectivity index (χ1) is 11.2. The molecule has 0 aliphatic heterocycles. The average molecular weight is 310 g/mol. The van der Waals surface area contributed by atoms with Crippen molar-refractivity contribution in [2.75, 3.05) is 16.0 Å². The molecule has 0 saturated carbocycles. The molecule has 23 heavy (non-hydrogen) atoms. The number of nitrogens with zero attached hydrogens (tertiary/aromatic N) is 3. The number of benzene rings is 1. The lowest BCUT2D eigenvalue weighted by molar-refractivity contribution is 0.262. The van der Waals surface area contributed by atoms with Crippen LogP contribution in [-0.2, 0) is 0 Å². The summed E-state index contributed by atoms with van der Waals surface area (Å²) in [5, 5.41) is 19.9. The zero-order valence-corrected chi connectivity index (χ0v) is 12.3. The van der Waals surface area contributed by atoms with Crippen LogP contribution >= 0.6 is 0 Å². The first kappa shape index (κ1) is 14.5. The Balaban J connectivity index is 1.57. The largest absolute Gasteiger partial charge is 0.360 e. The molecule has 3 N–H and O–H groups in total. The summed E-state index contributed by atoms with van der Waals surface area (Å²) < 4.78 is 4.94. The van der Waals surface area contributed by atoms with Crippen LogP contribution < -0.4 is 16.0 Å². The second-order valence-electron chi connectivity index (χ2n) is 4.70. The fourth-order valence-corrected chi connectivity index (χ4v) is 1.82. The van der Waals surface area contributed by atoms with E-state index < -0.39 is 6.03 Å². The van der Waals surface area contributed by atoms with Crippen molar-refractivity contribution in [2.24, 2.45) is 0 Å². The van der Waals surface area contributed by atoms with E-state index >= 15 is 0 Å². The van der Waals surface area contributed by atoms with Gasteiger partial charge in [-0.3, -0.25) is 5.32 Å². The number of amides is 2. The van der Waals surface area contributed by atoms with E-state index in [1.165, 1.54) is 0 Å². The lowest BCUT2D eigenvalue weighted by atomic mass is 10.3. The van der Waals surface area contributed by atoms with Crippen molar-refractivity contribution in [1.29, 1.82) is 0 Å². The molecule has 0 saturated heterocycles. The van der Waals surface area contributed by atoms with Crippen molar-refractivity contribution >= 4 is 29.2 Å². The molecule has 2 heterocycles. The minimum absolute atomic E-state index is 0.334. The number of rotatable bonds is 4. The summed E-state index contributed by atoms with van der Waals surface area (Å²) in [5.74, 6) is 2.06. The van der Waals surface area contributed by atoms with Crippen LogP contribution in [0.2, 0.25) is 0 Å². The third-order valence-corrected chi connectivity index (χ3v) is 2.82. The molecule has 116 valence electrons. The molecule has 8 nitrogen and oxygen atoms in total. The second kappa shape index (κ2) is 6.56. The summed E-state index contributed by atoms with van der Waals surface area (Å²) in [5.41, 5.74) is 0.692. The highest BCUT2D eigenvalue weighted by Crippen LogP contribution is 2.14. The summed E-state index contributed by atoms with van der Waals surface area (Å²) in [7, 11) is 0. The van der Waals surface area contributed by atoms with Crippen LogP contribution in [0.1, 0.15) is 5.76 Å². The Kier molecular flexibility index (Phi) is 4.14. The first-order valence-corrected chi connectivity index (χ1v) is 6.86. The number of aromatic nitrogens is 3. The highest BCUT2D eigenvalue weighted by molar-refractivity contribution is 5.99. The molecular weight excluding hydrogens is 296 g/mol. The fraction of sp³-hybridized carbons (Fsp3) is 0.0667. The zero-order chi connectivity index (χ0) is 16.1. The summed E-state index contributed by atoms with van der Waals surface area (Å²) in [4.78, 5) is 11.8. The van der Waals surface area contributed by atoms with Gasteiger partial charge in [0, 0.05) is 11.8 Å². The summed E-state index contributed by atoms with van der Waals surface area (Å²) in [6.07, 6.45) is 0. The van der Waals surface area contributed by atoms with E-state index in [2.05, 4.69) is 31.3 Å². The van der Waals surface area contributed by atoms with Gasteiger partial charge in [-0.2, -0.15) is 0 Å². The second-order valence-corrected chi connectivity index (χ2v) is 4.70. The van der Waals surface area contributed by atoms with Crippen molar-refractivity contribution in [3.63, 3.8) is 0 Å². The number of carbonyl (C=O) groups is 1. The molecule has 8 heteroatoms. The molecule has 0 aliphatic rings. The third kappa shape index (κ3) is 4.03. The fourth-order valence-electron chi connectivity index (χ4n) is 1.82. The lowest BCUT2D eigenvalue weighted by Crippen LogP contribution is -2.20. The van der Waals surface area contributed by atoms with E-state index in [4.69, 9.17) is 4.52 Å². The van der Waals surface area contributed by atoms with E-state index in [9.17, 15) is 4.79 Å². The number of anilines is 4. The van der Waals surface area contributed by atoms with Gasteiger partial charge in [0.15, 0.2) is 17.5 Å². The van der Waals surface area contributed by atoms with Gasteiger partial charge in [-0.1, -0.05) is 23.4 Å². The van der Waals surface area contributed by atoms with E-state index in [0.29, 0.717) is 28.9 Å². The summed E-state index contributed by atoms with van der Waals surface area (Å²) in [6, 6.07) is 13.8. The molecule has 3 aromatic rings. The number of urea groups is 1. The van der Waals surface area contributed by atoms with Gasteiger partial charge in [-0.15, -0.1) is 10.2 Å². The van der Waals surface area contributed by atoms with Gasteiger partial charge in [0.2, 0.25) is 0 Å². The number of para-hydroxylation sites is 1. The van der Waals surface area contributed by atoms with Crippen molar-refractivity contribution < 1.29 is 9.32 Å². The van der Waals surface area contributed by atoms with Gasteiger partial charge in [0.25, 0.3) is 0 Å². The number of carbonyl (C=O) groups excluding carboxylic acids is 1. The van der Waals surface area contributed by atoms with Crippen molar-refractivity contribution in [2.45, 2.75) is 6.92 Å². The minimum atomic E-state index is -0.390. The van der Waals surface area contributed by atoms with E-state index in [-0.39, 0.29) is 0 Å². The van der Waals surface area contributed by atoms with Crippen LogP contribution in [0.25, 0.3) is 0 Å². The van der Waals surface area contributed by atoms with E-state index in [0.717, 1.165) is 0 Å². The smallest absolute Gasteiger partial charge is 0.324 e. The Morgan fingerprint density at radius 3 is 2.35 bits per heavy atom. The number of hydrogen-bond donors (Lipinski definition) is 3. The molecule has 0 unspecified atom stereocenters.